The maximum atomic E-state index is 14.0. The van der Waals surface area contributed by atoms with Crippen LogP contribution in [0.15, 0.2) is 30.3 Å². The second-order valence-electron chi connectivity index (χ2n) is 4.97. The minimum atomic E-state index is -0.268. The van der Waals surface area contributed by atoms with E-state index in [0.29, 0.717) is 23.6 Å². The van der Waals surface area contributed by atoms with Crippen molar-refractivity contribution >= 4 is 11.6 Å². The summed E-state index contributed by atoms with van der Waals surface area (Å²) in [6.45, 7) is 7.03. The first-order valence-corrected chi connectivity index (χ1v) is 7.33. The summed E-state index contributed by atoms with van der Waals surface area (Å²) >= 11 is 6.15. The SMILES string of the molecule is CCNCc1c(F)cccc1Oc1cc(C)c(Cl)c(C)c1. The lowest BCUT2D eigenvalue weighted by Crippen LogP contribution is -2.13. The van der Waals surface area contributed by atoms with Gasteiger partial charge in [0.2, 0.25) is 0 Å². The average molecular weight is 308 g/mol. The molecule has 112 valence electrons. The van der Waals surface area contributed by atoms with Gasteiger partial charge >= 0.3 is 0 Å². The van der Waals surface area contributed by atoms with E-state index in [0.717, 1.165) is 22.7 Å². The molecule has 2 aromatic carbocycles. The van der Waals surface area contributed by atoms with Gasteiger partial charge in [0.05, 0.1) is 0 Å². The summed E-state index contributed by atoms with van der Waals surface area (Å²) in [5.74, 6) is 0.922. The van der Waals surface area contributed by atoms with Crippen molar-refractivity contribution in [3.63, 3.8) is 0 Å². The Labute approximate surface area is 129 Å². The minimum Gasteiger partial charge on any atom is -0.457 e. The molecule has 4 heteroatoms. The van der Waals surface area contributed by atoms with Crippen molar-refractivity contribution in [1.82, 2.24) is 5.32 Å². The quantitative estimate of drug-likeness (QED) is 0.839. The summed E-state index contributed by atoms with van der Waals surface area (Å²) < 4.78 is 19.8. The molecule has 0 radical (unpaired) electrons. The van der Waals surface area contributed by atoms with Gasteiger partial charge in [-0.05, 0) is 55.8 Å². The number of nitrogens with one attached hydrogen (secondary N) is 1. The topological polar surface area (TPSA) is 21.3 Å². The second-order valence-corrected chi connectivity index (χ2v) is 5.35. The predicted molar refractivity (Wildman–Crippen MR) is 84.8 cm³/mol. The van der Waals surface area contributed by atoms with Crippen LogP contribution in [0.3, 0.4) is 0 Å². The van der Waals surface area contributed by atoms with Gasteiger partial charge in [-0.15, -0.1) is 0 Å². The molecular weight excluding hydrogens is 289 g/mol. The Bertz CT molecular complexity index is 620. The number of hydrogen-bond donors (Lipinski definition) is 1. The van der Waals surface area contributed by atoms with Crippen molar-refractivity contribution in [3.8, 4) is 11.5 Å². The maximum Gasteiger partial charge on any atom is 0.134 e. The molecular formula is C17H19ClFNO. The molecule has 0 aliphatic carbocycles. The van der Waals surface area contributed by atoms with E-state index < -0.39 is 0 Å². The standard InChI is InChI=1S/C17H19ClFNO/c1-4-20-10-14-15(19)6-5-7-16(14)21-13-8-11(2)17(18)12(3)9-13/h5-9,20H,4,10H2,1-3H3. The van der Waals surface area contributed by atoms with Gasteiger partial charge < -0.3 is 10.1 Å². The van der Waals surface area contributed by atoms with Crippen LogP contribution in [0, 0.1) is 19.7 Å². The monoisotopic (exact) mass is 307 g/mol. The predicted octanol–water partition coefficient (Wildman–Crippen LogP) is 5.00. The van der Waals surface area contributed by atoms with Gasteiger partial charge in [0, 0.05) is 17.1 Å². The summed E-state index contributed by atoms with van der Waals surface area (Å²) in [5.41, 5.74) is 2.41. The number of aryl methyl sites for hydroxylation is 2. The van der Waals surface area contributed by atoms with Crippen LogP contribution in [0.5, 0.6) is 11.5 Å². The third-order valence-electron chi connectivity index (χ3n) is 3.27. The highest BCUT2D eigenvalue weighted by Gasteiger charge is 2.11. The molecule has 0 bridgehead atoms. The summed E-state index contributed by atoms with van der Waals surface area (Å²) in [6, 6.07) is 8.58. The van der Waals surface area contributed by atoms with Crippen LogP contribution >= 0.6 is 11.6 Å². The Morgan fingerprint density at radius 1 is 1.19 bits per heavy atom. The molecule has 0 saturated heterocycles. The van der Waals surface area contributed by atoms with E-state index in [2.05, 4.69) is 5.32 Å². The van der Waals surface area contributed by atoms with E-state index in [1.165, 1.54) is 6.07 Å². The molecule has 2 nitrogen and oxygen atoms in total. The average Bonchev–Trinajstić information content (AvgIpc) is 2.44. The van der Waals surface area contributed by atoms with Gasteiger partial charge in [-0.1, -0.05) is 24.6 Å². The fourth-order valence-electron chi connectivity index (χ4n) is 2.15. The summed E-state index contributed by atoms with van der Waals surface area (Å²) in [5, 5.41) is 3.85. The molecule has 21 heavy (non-hydrogen) atoms. The Kier molecular flexibility index (Phi) is 5.21. The number of halogens is 2. The molecule has 0 atom stereocenters. The zero-order valence-electron chi connectivity index (χ0n) is 12.5. The first-order valence-electron chi connectivity index (χ1n) is 6.95. The molecule has 0 amide bonds. The van der Waals surface area contributed by atoms with E-state index >= 15 is 0 Å². The van der Waals surface area contributed by atoms with Crippen LogP contribution in [0.25, 0.3) is 0 Å². The van der Waals surface area contributed by atoms with E-state index in [9.17, 15) is 4.39 Å². The molecule has 2 aromatic rings. The lowest BCUT2D eigenvalue weighted by Gasteiger charge is -2.14. The summed E-state index contributed by atoms with van der Waals surface area (Å²) in [4.78, 5) is 0. The molecule has 0 saturated carbocycles. The Hall–Kier alpha value is -1.58. The van der Waals surface area contributed by atoms with E-state index in [4.69, 9.17) is 16.3 Å². The number of ether oxygens (including phenoxy) is 1. The minimum absolute atomic E-state index is 0.268. The Balaban J connectivity index is 2.33. The van der Waals surface area contributed by atoms with Crippen molar-refractivity contribution in [2.45, 2.75) is 27.3 Å². The highest BCUT2D eigenvalue weighted by atomic mass is 35.5. The summed E-state index contributed by atoms with van der Waals surface area (Å²) in [7, 11) is 0. The largest absolute Gasteiger partial charge is 0.457 e. The van der Waals surface area contributed by atoms with Crippen LogP contribution in [0.2, 0.25) is 5.02 Å². The van der Waals surface area contributed by atoms with E-state index in [-0.39, 0.29) is 5.82 Å². The van der Waals surface area contributed by atoms with Crippen molar-refractivity contribution in [1.29, 1.82) is 0 Å². The molecule has 0 aromatic heterocycles. The molecule has 0 aliphatic heterocycles. The number of benzene rings is 2. The molecule has 2 rings (SSSR count). The zero-order chi connectivity index (χ0) is 15.4. The second kappa shape index (κ2) is 6.92. The summed E-state index contributed by atoms with van der Waals surface area (Å²) in [6.07, 6.45) is 0. The molecule has 0 heterocycles. The Morgan fingerprint density at radius 2 is 1.86 bits per heavy atom. The van der Waals surface area contributed by atoms with E-state index in [1.54, 1.807) is 12.1 Å². The fourth-order valence-corrected chi connectivity index (χ4v) is 2.26. The fraction of sp³-hybridized carbons (Fsp3) is 0.294. The molecule has 0 fully saturated rings. The van der Waals surface area contributed by atoms with Crippen LogP contribution < -0.4 is 10.1 Å². The van der Waals surface area contributed by atoms with Gasteiger partial charge in [-0.2, -0.15) is 0 Å². The molecule has 0 spiro atoms. The highest BCUT2D eigenvalue weighted by molar-refractivity contribution is 6.32. The molecule has 0 unspecified atom stereocenters. The van der Waals surface area contributed by atoms with Gasteiger partial charge in [-0.25, -0.2) is 4.39 Å². The lowest BCUT2D eigenvalue weighted by molar-refractivity contribution is 0.462. The van der Waals surface area contributed by atoms with Gasteiger partial charge in [-0.3, -0.25) is 0 Å². The first kappa shape index (κ1) is 15.8. The van der Waals surface area contributed by atoms with Crippen molar-refractivity contribution < 1.29 is 9.13 Å². The third-order valence-corrected chi connectivity index (χ3v) is 3.86. The third kappa shape index (κ3) is 3.74. The van der Waals surface area contributed by atoms with Crippen molar-refractivity contribution in [3.05, 3.63) is 57.9 Å². The van der Waals surface area contributed by atoms with Crippen LogP contribution in [0.4, 0.5) is 4.39 Å². The Morgan fingerprint density at radius 3 is 2.48 bits per heavy atom. The van der Waals surface area contributed by atoms with Crippen molar-refractivity contribution in [2.24, 2.45) is 0 Å². The first-order chi connectivity index (χ1) is 10.0. The highest BCUT2D eigenvalue weighted by Crippen LogP contribution is 2.31. The number of hydrogen-bond acceptors (Lipinski definition) is 2. The van der Waals surface area contributed by atoms with Crippen molar-refractivity contribution in [2.75, 3.05) is 6.54 Å². The maximum absolute atomic E-state index is 14.0. The zero-order valence-corrected chi connectivity index (χ0v) is 13.2. The molecule has 0 aliphatic rings. The normalized spacial score (nSPS) is 10.7. The van der Waals surface area contributed by atoms with Gasteiger partial charge in [0.25, 0.3) is 0 Å². The molecule has 1 N–H and O–H groups in total. The number of rotatable bonds is 5. The van der Waals surface area contributed by atoms with Gasteiger partial charge in [0.1, 0.15) is 17.3 Å². The van der Waals surface area contributed by atoms with Crippen LogP contribution in [-0.2, 0) is 6.54 Å². The van der Waals surface area contributed by atoms with Crippen LogP contribution in [0.1, 0.15) is 23.6 Å². The smallest absolute Gasteiger partial charge is 0.134 e. The van der Waals surface area contributed by atoms with E-state index in [1.807, 2.05) is 32.9 Å². The lowest BCUT2D eigenvalue weighted by atomic mass is 10.1. The van der Waals surface area contributed by atoms with Gasteiger partial charge in [0.15, 0.2) is 0 Å². The van der Waals surface area contributed by atoms with Crippen LogP contribution in [-0.4, -0.2) is 6.54 Å².